The summed E-state index contributed by atoms with van der Waals surface area (Å²) in [4.78, 5) is 16.5. The van der Waals surface area contributed by atoms with Gasteiger partial charge in [0.2, 0.25) is 17.6 Å². The molecule has 0 aliphatic rings. The fourth-order valence-electron chi connectivity index (χ4n) is 2.45. The highest BCUT2D eigenvalue weighted by molar-refractivity contribution is 6.31. The smallest absolute Gasteiger partial charge is 0.226 e. The van der Waals surface area contributed by atoms with Gasteiger partial charge in [0.1, 0.15) is 5.75 Å². The van der Waals surface area contributed by atoms with Crippen molar-refractivity contribution in [3.63, 3.8) is 0 Å². The number of hydrogen-bond acceptors (Lipinski definition) is 5. The highest BCUT2D eigenvalue weighted by Gasteiger charge is 2.11. The van der Waals surface area contributed by atoms with Gasteiger partial charge in [0.15, 0.2) is 0 Å². The maximum absolute atomic E-state index is 12.1. The lowest BCUT2D eigenvalue weighted by Crippen LogP contribution is -2.12. The van der Waals surface area contributed by atoms with Crippen molar-refractivity contribution < 1.29 is 14.1 Å². The number of amides is 1. The Bertz CT molecular complexity index is 881. The number of methoxy groups -OCH3 is 1. The summed E-state index contributed by atoms with van der Waals surface area (Å²) < 4.78 is 10.5. The first kappa shape index (κ1) is 17.9. The van der Waals surface area contributed by atoms with E-state index >= 15 is 0 Å². The minimum absolute atomic E-state index is 0.131. The highest BCUT2D eigenvalue weighted by atomic mass is 35.5. The molecule has 2 aromatic carbocycles. The summed E-state index contributed by atoms with van der Waals surface area (Å²) in [6, 6.07) is 14.7. The van der Waals surface area contributed by atoms with E-state index in [0.29, 0.717) is 47.4 Å². The predicted molar refractivity (Wildman–Crippen MR) is 99.3 cm³/mol. The Hall–Kier alpha value is -2.86. The Morgan fingerprint density at radius 1 is 1.23 bits per heavy atom. The van der Waals surface area contributed by atoms with Crippen LogP contribution in [0.1, 0.15) is 18.7 Å². The van der Waals surface area contributed by atoms with E-state index in [1.54, 1.807) is 25.3 Å². The SMILES string of the molecule is COc1ccc(Cl)cc1NC(=O)CCCc1nc(-c2ccccc2)no1. The van der Waals surface area contributed by atoms with E-state index in [-0.39, 0.29) is 5.91 Å². The first-order valence-electron chi connectivity index (χ1n) is 8.17. The molecule has 3 rings (SSSR count). The number of rotatable bonds is 7. The van der Waals surface area contributed by atoms with Crippen LogP contribution < -0.4 is 10.1 Å². The van der Waals surface area contributed by atoms with Crippen LogP contribution in [0.2, 0.25) is 5.02 Å². The molecule has 1 amide bonds. The average molecular weight is 372 g/mol. The fraction of sp³-hybridized carbons (Fsp3) is 0.211. The second-order valence-electron chi connectivity index (χ2n) is 5.62. The van der Waals surface area contributed by atoms with Gasteiger partial charge in [-0.3, -0.25) is 4.79 Å². The molecule has 0 saturated heterocycles. The van der Waals surface area contributed by atoms with Gasteiger partial charge in [-0.25, -0.2) is 0 Å². The molecule has 0 saturated carbocycles. The molecule has 0 spiro atoms. The van der Waals surface area contributed by atoms with Crippen LogP contribution in [0.25, 0.3) is 11.4 Å². The second kappa shape index (κ2) is 8.49. The van der Waals surface area contributed by atoms with Gasteiger partial charge in [-0.05, 0) is 24.6 Å². The molecule has 0 aliphatic heterocycles. The van der Waals surface area contributed by atoms with Gasteiger partial charge in [-0.15, -0.1) is 0 Å². The van der Waals surface area contributed by atoms with Crippen LogP contribution in [-0.2, 0) is 11.2 Å². The molecule has 6 nitrogen and oxygen atoms in total. The third kappa shape index (κ3) is 4.61. The van der Waals surface area contributed by atoms with Crippen molar-refractivity contribution in [2.45, 2.75) is 19.3 Å². The van der Waals surface area contributed by atoms with Crippen LogP contribution >= 0.6 is 11.6 Å². The molecule has 1 N–H and O–H groups in total. The van der Waals surface area contributed by atoms with Crippen LogP contribution in [-0.4, -0.2) is 23.2 Å². The van der Waals surface area contributed by atoms with E-state index in [9.17, 15) is 4.79 Å². The van der Waals surface area contributed by atoms with Crippen molar-refractivity contribution in [1.29, 1.82) is 0 Å². The van der Waals surface area contributed by atoms with Crippen LogP contribution in [0.3, 0.4) is 0 Å². The number of nitrogens with one attached hydrogen (secondary N) is 1. The molecule has 0 bridgehead atoms. The lowest BCUT2D eigenvalue weighted by atomic mass is 10.2. The molecule has 0 atom stereocenters. The van der Waals surface area contributed by atoms with Crippen molar-refractivity contribution in [2.24, 2.45) is 0 Å². The number of nitrogens with zero attached hydrogens (tertiary/aromatic N) is 2. The third-order valence-corrected chi connectivity index (χ3v) is 3.97. The summed E-state index contributed by atoms with van der Waals surface area (Å²) in [7, 11) is 1.54. The van der Waals surface area contributed by atoms with Gasteiger partial charge in [-0.2, -0.15) is 4.98 Å². The number of aryl methyl sites for hydroxylation is 1. The number of halogens is 1. The molecule has 1 heterocycles. The summed E-state index contributed by atoms with van der Waals surface area (Å²) in [5, 5.41) is 7.30. The number of carbonyl (C=O) groups excluding carboxylic acids is 1. The van der Waals surface area contributed by atoms with E-state index in [1.807, 2.05) is 30.3 Å². The molecule has 1 aromatic heterocycles. The van der Waals surface area contributed by atoms with Gasteiger partial charge < -0.3 is 14.6 Å². The van der Waals surface area contributed by atoms with Crippen LogP contribution in [0.15, 0.2) is 53.1 Å². The largest absolute Gasteiger partial charge is 0.495 e. The van der Waals surface area contributed by atoms with Crippen LogP contribution in [0.5, 0.6) is 5.75 Å². The van der Waals surface area contributed by atoms with E-state index in [4.69, 9.17) is 20.9 Å². The van der Waals surface area contributed by atoms with E-state index < -0.39 is 0 Å². The Balaban J connectivity index is 1.52. The quantitative estimate of drug-likeness (QED) is 0.667. The van der Waals surface area contributed by atoms with Gasteiger partial charge in [-0.1, -0.05) is 47.1 Å². The van der Waals surface area contributed by atoms with Gasteiger partial charge >= 0.3 is 0 Å². The van der Waals surface area contributed by atoms with Crippen molar-refractivity contribution in [1.82, 2.24) is 10.1 Å². The van der Waals surface area contributed by atoms with Crippen molar-refractivity contribution in [3.05, 3.63) is 59.4 Å². The first-order chi connectivity index (χ1) is 12.7. The highest BCUT2D eigenvalue weighted by Crippen LogP contribution is 2.27. The zero-order valence-electron chi connectivity index (χ0n) is 14.2. The minimum atomic E-state index is -0.131. The standard InChI is InChI=1S/C19H18ClN3O3/c1-25-16-11-10-14(20)12-15(16)21-17(24)8-5-9-18-22-19(23-26-18)13-6-3-2-4-7-13/h2-4,6-7,10-12H,5,8-9H2,1H3,(H,21,24). The molecule has 0 fully saturated rings. The average Bonchev–Trinajstić information content (AvgIpc) is 3.11. The van der Waals surface area contributed by atoms with Crippen LogP contribution in [0.4, 0.5) is 5.69 Å². The topological polar surface area (TPSA) is 77.2 Å². The first-order valence-corrected chi connectivity index (χ1v) is 8.55. The maximum atomic E-state index is 12.1. The third-order valence-electron chi connectivity index (χ3n) is 3.73. The number of ether oxygens (including phenoxy) is 1. The second-order valence-corrected chi connectivity index (χ2v) is 6.06. The Kier molecular flexibility index (Phi) is 5.86. The summed E-state index contributed by atoms with van der Waals surface area (Å²) >= 11 is 5.96. The Labute approximate surface area is 156 Å². The number of aromatic nitrogens is 2. The van der Waals surface area contributed by atoms with E-state index in [1.165, 1.54) is 0 Å². The monoisotopic (exact) mass is 371 g/mol. The molecule has 26 heavy (non-hydrogen) atoms. The number of anilines is 1. The lowest BCUT2D eigenvalue weighted by Gasteiger charge is -2.10. The van der Waals surface area contributed by atoms with E-state index in [2.05, 4.69) is 15.5 Å². The molecule has 3 aromatic rings. The molecule has 7 heteroatoms. The number of carbonyl (C=O) groups is 1. The van der Waals surface area contributed by atoms with Crippen molar-refractivity contribution >= 4 is 23.2 Å². The normalized spacial score (nSPS) is 10.5. The molecule has 0 aliphatic carbocycles. The van der Waals surface area contributed by atoms with Gasteiger partial charge in [0.25, 0.3) is 0 Å². The molecule has 134 valence electrons. The predicted octanol–water partition coefficient (Wildman–Crippen LogP) is 4.36. The number of hydrogen-bond donors (Lipinski definition) is 1. The molecular weight excluding hydrogens is 354 g/mol. The summed E-state index contributed by atoms with van der Waals surface area (Å²) in [5.41, 5.74) is 1.45. The van der Waals surface area contributed by atoms with E-state index in [0.717, 1.165) is 5.56 Å². The van der Waals surface area contributed by atoms with Crippen molar-refractivity contribution in [2.75, 3.05) is 12.4 Å². The lowest BCUT2D eigenvalue weighted by molar-refractivity contribution is -0.116. The van der Waals surface area contributed by atoms with Crippen molar-refractivity contribution in [3.8, 4) is 17.1 Å². The summed E-state index contributed by atoms with van der Waals surface area (Å²) in [6.07, 6.45) is 1.43. The zero-order valence-corrected chi connectivity index (χ0v) is 15.0. The number of benzene rings is 2. The molecular formula is C19H18ClN3O3. The fourth-order valence-corrected chi connectivity index (χ4v) is 2.62. The Morgan fingerprint density at radius 2 is 2.04 bits per heavy atom. The summed E-state index contributed by atoms with van der Waals surface area (Å²) in [6.45, 7) is 0. The summed E-state index contributed by atoms with van der Waals surface area (Å²) in [5.74, 6) is 1.49. The molecule has 0 radical (unpaired) electrons. The maximum Gasteiger partial charge on any atom is 0.226 e. The Morgan fingerprint density at radius 3 is 2.81 bits per heavy atom. The zero-order chi connectivity index (χ0) is 18.4. The van der Waals surface area contributed by atoms with Gasteiger partial charge in [0.05, 0.1) is 12.8 Å². The minimum Gasteiger partial charge on any atom is -0.495 e. The van der Waals surface area contributed by atoms with Gasteiger partial charge in [0, 0.05) is 23.4 Å². The molecule has 0 unspecified atom stereocenters. The van der Waals surface area contributed by atoms with Crippen LogP contribution in [0, 0.1) is 0 Å².